The average molecular weight is 269 g/mol. The van der Waals surface area contributed by atoms with E-state index in [4.69, 9.17) is 4.74 Å². The predicted molar refractivity (Wildman–Crippen MR) is 74.1 cm³/mol. The minimum absolute atomic E-state index is 0.0785. The molecule has 4 heteroatoms. The maximum Gasteiger partial charge on any atom is 0.0955 e. The number of methoxy groups -OCH3 is 1. The van der Waals surface area contributed by atoms with Crippen LogP contribution in [0.15, 0.2) is 5.38 Å². The zero-order chi connectivity index (χ0) is 13.4. The highest BCUT2D eigenvalue weighted by Gasteiger charge is 2.44. The van der Waals surface area contributed by atoms with E-state index in [1.807, 2.05) is 0 Å². The summed E-state index contributed by atoms with van der Waals surface area (Å²) in [6.45, 7) is 6.47. The highest BCUT2D eigenvalue weighted by atomic mass is 32.1. The second-order valence-electron chi connectivity index (χ2n) is 6.22. The number of thiazole rings is 1. The van der Waals surface area contributed by atoms with Crippen LogP contribution in [0.5, 0.6) is 0 Å². The molecule has 0 amide bonds. The standard InChI is InChI=1S/C14H23NO2S/c1-13(2,3)10-9-18-12(15-10)8-11(16)14(17-4)6-5-7-14/h9,11,16H,5-8H2,1-4H3. The summed E-state index contributed by atoms with van der Waals surface area (Å²) < 4.78 is 5.51. The summed E-state index contributed by atoms with van der Waals surface area (Å²) in [7, 11) is 1.70. The molecule has 1 heterocycles. The summed E-state index contributed by atoms with van der Waals surface area (Å²) in [4.78, 5) is 4.63. The Labute approximate surface area is 113 Å². The molecular weight excluding hydrogens is 246 g/mol. The van der Waals surface area contributed by atoms with Gasteiger partial charge < -0.3 is 9.84 Å². The van der Waals surface area contributed by atoms with Crippen LogP contribution in [0.3, 0.4) is 0 Å². The molecule has 1 saturated carbocycles. The maximum atomic E-state index is 10.3. The van der Waals surface area contributed by atoms with Gasteiger partial charge in [0.1, 0.15) is 0 Å². The van der Waals surface area contributed by atoms with Crippen molar-refractivity contribution in [3.63, 3.8) is 0 Å². The number of aromatic nitrogens is 1. The van der Waals surface area contributed by atoms with Gasteiger partial charge in [0.2, 0.25) is 0 Å². The van der Waals surface area contributed by atoms with E-state index in [1.54, 1.807) is 18.4 Å². The molecule has 2 rings (SSSR count). The third-order valence-electron chi connectivity index (χ3n) is 3.90. The van der Waals surface area contributed by atoms with Crippen LogP contribution in [0.1, 0.15) is 50.7 Å². The Kier molecular flexibility index (Phi) is 3.81. The van der Waals surface area contributed by atoms with Crippen LogP contribution in [0.25, 0.3) is 0 Å². The number of ether oxygens (including phenoxy) is 1. The molecule has 0 bridgehead atoms. The molecule has 1 unspecified atom stereocenters. The van der Waals surface area contributed by atoms with E-state index in [0.717, 1.165) is 30.0 Å². The summed E-state index contributed by atoms with van der Waals surface area (Å²) >= 11 is 1.64. The summed E-state index contributed by atoms with van der Waals surface area (Å²) in [5.41, 5.74) is 0.873. The lowest BCUT2D eigenvalue weighted by atomic mass is 9.75. The molecule has 0 radical (unpaired) electrons. The molecule has 1 N–H and O–H groups in total. The monoisotopic (exact) mass is 269 g/mol. The molecule has 102 valence electrons. The first-order chi connectivity index (χ1) is 8.37. The molecule has 1 aromatic rings. The SMILES string of the molecule is COC1(C(O)Cc2nc(C(C)(C)C)cs2)CCC1. The van der Waals surface area contributed by atoms with E-state index in [-0.39, 0.29) is 11.0 Å². The van der Waals surface area contributed by atoms with Gasteiger partial charge in [-0.05, 0) is 19.3 Å². The van der Waals surface area contributed by atoms with Gasteiger partial charge in [0.25, 0.3) is 0 Å². The molecule has 0 aliphatic heterocycles. The molecule has 1 atom stereocenters. The van der Waals surface area contributed by atoms with E-state index in [9.17, 15) is 5.11 Å². The molecule has 0 spiro atoms. The molecule has 1 aromatic heterocycles. The number of hydrogen-bond acceptors (Lipinski definition) is 4. The smallest absolute Gasteiger partial charge is 0.0955 e. The molecule has 1 fully saturated rings. The second-order valence-corrected chi connectivity index (χ2v) is 7.16. The Balaban J connectivity index is 2.03. The lowest BCUT2D eigenvalue weighted by Gasteiger charge is -2.43. The van der Waals surface area contributed by atoms with Crippen molar-refractivity contribution in [1.82, 2.24) is 4.98 Å². The van der Waals surface area contributed by atoms with Crippen molar-refractivity contribution in [1.29, 1.82) is 0 Å². The predicted octanol–water partition coefficient (Wildman–Crippen LogP) is 2.91. The third-order valence-corrected chi connectivity index (χ3v) is 4.77. The van der Waals surface area contributed by atoms with Crippen LogP contribution < -0.4 is 0 Å². The quantitative estimate of drug-likeness (QED) is 0.914. The number of nitrogens with zero attached hydrogens (tertiary/aromatic N) is 1. The van der Waals surface area contributed by atoms with Crippen LogP contribution in [0, 0.1) is 0 Å². The van der Waals surface area contributed by atoms with E-state index >= 15 is 0 Å². The van der Waals surface area contributed by atoms with Crippen LogP contribution in [-0.4, -0.2) is 28.9 Å². The Morgan fingerprint density at radius 3 is 2.56 bits per heavy atom. The van der Waals surface area contributed by atoms with Crippen LogP contribution in [0.2, 0.25) is 0 Å². The number of aliphatic hydroxyl groups is 1. The van der Waals surface area contributed by atoms with E-state index in [2.05, 4.69) is 31.1 Å². The van der Waals surface area contributed by atoms with Crippen LogP contribution >= 0.6 is 11.3 Å². The summed E-state index contributed by atoms with van der Waals surface area (Å²) in [5.74, 6) is 0. The molecule has 1 aliphatic carbocycles. The maximum absolute atomic E-state index is 10.3. The van der Waals surface area contributed by atoms with Gasteiger partial charge in [-0.15, -0.1) is 11.3 Å². The third kappa shape index (κ3) is 2.60. The van der Waals surface area contributed by atoms with Crippen LogP contribution in [0.4, 0.5) is 0 Å². The van der Waals surface area contributed by atoms with Crippen molar-refractivity contribution in [2.24, 2.45) is 0 Å². The fourth-order valence-corrected chi connectivity index (χ4v) is 3.36. The van der Waals surface area contributed by atoms with Gasteiger partial charge >= 0.3 is 0 Å². The Hall–Kier alpha value is -0.450. The van der Waals surface area contributed by atoms with Gasteiger partial charge in [-0.2, -0.15) is 0 Å². The summed E-state index contributed by atoms with van der Waals surface area (Å²) in [6.07, 6.45) is 3.24. The Bertz CT molecular complexity index is 399. The lowest BCUT2D eigenvalue weighted by Crippen LogP contribution is -2.50. The molecule has 18 heavy (non-hydrogen) atoms. The molecular formula is C14H23NO2S. The number of rotatable bonds is 4. The lowest BCUT2D eigenvalue weighted by molar-refractivity contribution is -0.148. The summed E-state index contributed by atoms with van der Waals surface area (Å²) in [6, 6.07) is 0. The van der Waals surface area contributed by atoms with Crippen molar-refractivity contribution in [2.75, 3.05) is 7.11 Å². The fourth-order valence-electron chi connectivity index (χ4n) is 2.30. The topological polar surface area (TPSA) is 42.4 Å². The van der Waals surface area contributed by atoms with E-state index in [1.165, 1.54) is 0 Å². The van der Waals surface area contributed by atoms with Crippen LogP contribution in [-0.2, 0) is 16.6 Å². The van der Waals surface area contributed by atoms with Gasteiger partial charge in [0, 0.05) is 24.3 Å². The highest BCUT2D eigenvalue weighted by Crippen LogP contribution is 2.39. The molecule has 0 aromatic carbocycles. The van der Waals surface area contributed by atoms with Crippen molar-refractivity contribution >= 4 is 11.3 Å². The van der Waals surface area contributed by atoms with Crippen molar-refractivity contribution in [2.45, 2.75) is 63.6 Å². The second kappa shape index (κ2) is 4.91. The molecule has 0 saturated heterocycles. The zero-order valence-electron chi connectivity index (χ0n) is 11.7. The number of hydrogen-bond donors (Lipinski definition) is 1. The van der Waals surface area contributed by atoms with Crippen molar-refractivity contribution in [3.8, 4) is 0 Å². The van der Waals surface area contributed by atoms with E-state index in [0.29, 0.717) is 6.42 Å². The Morgan fingerprint density at radius 2 is 2.17 bits per heavy atom. The highest BCUT2D eigenvalue weighted by molar-refractivity contribution is 7.09. The number of aliphatic hydroxyl groups excluding tert-OH is 1. The van der Waals surface area contributed by atoms with Gasteiger partial charge in [0.15, 0.2) is 0 Å². The zero-order valence-corrected chi connectivity index (χ0v) is 12.5. The van der Waals surface area contributed by atoms with Gasteiger partial charge in [-0.3, -0.25) is 0 Å². The van der Waals surface area contributed by atoms with Gasteiger partial charge in [0.05, 0.1) is 22.4 Å². The van der Waals surface area contributed by atoms with E-state index < -0.39 is 6.10 Å². The summed E-state index contributed by atoms with van der Waals surface area (Å²) in [5, 5.41) is 13.4. The van der Waals surface area contributed by atoms with Gasteiger partial charge in [-0.25, -0.2) is 4.98 Å². The average Bonchev–Trinajstić information content (AvgIpc) is 2.64. The molecule has 3 nitrogen and oxygen atoms in total. The largest absolute Gasteiger partial charge is 0.390 e. The van der Waals surface area contributed by atoms with Crippen molar-refractivity contribution in [3.05, 3.63) is 16.1 Å². The first-order valence-electron chi connectivity index (χ1n) is 6.55. The minimum atomic E-state index is -0.435. The molecule has 1 aliphatic rings. The van der Waals surface area contributed by atoms with Gasteiger partial charge in [-0.1, -0.05) is 20.8 Å². The minimum Gasteiger partial charge on any atom is -0.390 e. The Morgan fingerprint density at radius 1 is 1.50 bits per heavy atom. The van der Waals surface area contributed by atoms with Crippen molar-refractivity contribution < 1.29 is 9.84 Å². The fraction of sp³-hybridized carbons (Fsp3) is 0.786. The first-order valence-corrected chi connectivity index (χ1v) is 7.43. The first kappa shape index (κ1) is 14.0. The normalized spacial score (nSPS) is 20.5.